The lowest BCUT2D eigenvalue weighted by Gasteiger charge is -2.25. The first-order valence-electron chi connectivity index (χ1n) is 15.6. The Labute approximate surface area is 272 Å². The number of ether oxygens (including phenoxy) is 1. The summed E-state index contributed by atoms with van der Waals surface area (Å²) in [6, 6.07) is 16.3. The van der Waals surface area contributed by atoms with E-state index in [0.29, 0.717) is 43.0 Å². The molecular formula is C34H29F2N9O3. The second kappa shape index (κ2) is 12.0. The lowest BCUT2D eigenvalue weighted by molar-refractivity contribution is -0.123. The van der Waals surface area contributed by atoms with Gasteiger partial charge >= 0.3 is 0 Å². The van der Waals surface area contributed by atoms with Crippen molar-refractivity contribution in [3.63, 3.8) is 0 Å². The third kappa shape index (κ3) is 5.44. The van der Waals surface area contributed by atoms with Gasteiger partial charge in [0.2, 0.25) is 11.8 Å². The van der Waals surface area contributed by atoms with Crippen LogP contribution in [-0.2, 0) is 16.1 Å². The maximum Gasteiger partial charge on any atom is 0.242 e. The Hall–Kier alpha value is -5.92. The molecule has 2 aliphatic rings. The molecule has 242 valence electrons. The Morgan fingerprint density at radius 1 is 0.938 bits per heavy atom. The van der Waals surface area contributed by atoms with Crippen molar-refractivity contribution in [1.29, 1.82) is 0 Å². The summed E-state index contributed by atoms with van der Waals surface area (Å²) < 4.78 is 38.0. The second-order valence-electron chi connectivity index (χ2n) is 11.8. The summed E-state index contributed by atoms with van der Waals surface area (Å²) in [6.07, 6.45) is 4.82. The van der Waals surface area contributed by atoms with Gasteiger partial charge in [0, 0.05) is 43.6 Å². The smallest absolute Gasteiger partial charge is 0.242 e. The third-order valence-corrected chi connectivity index (χ3v) is 8.68. The van der Waals surface area contributed by atoms with Crippen LogP contribution in [0.25, 0.3) is 38.8 Å². The molecular weight excluding hydrogens is 620 g/mol. The van der Waals surface area contributed by atoms with Gasteiger partial charge in [0.15, 0.2) is 11.5 Å². The largest absolute Gasteiger partial charge is 0.488 e. The van der Waals surface area contributed by atoms with Crippen LogP contribution in [0.1, 0.15) is 12.8 Å². The predicted octanol–water partition coefficient (Wildman–Crippen LogP) is 3.77. The third-order valence-electron chi connectivity index (χ3n) is 8.68. The maximum absolute atomic E-state index is 14.7. The molecule has 3 aromatic heterocycles. The van der Waals surface area contributed by atoms with Gasteiger partial charge < -0.3 is 20.3 Å². The molecule has 1 fully saturated rings. The van der Waals surface area contributed by atoms with E-state index in [9.17, 15) is 18.4 Å². The minimum Gasteiger partial charge on any atom is -0.488 e. The van der Waals surface area contributed by atoms with E-state index in [0.717, 1.165) is 34.2 Å². The van der Waals surface area contributed by atoms with Crippen LogP contribution in [0, 0.1) is 11.6 Å². The highest BCUT2D eigenvalue weighted by molar-refractivity contribution is 5.95. The minimum absolute atomic E-state index is 0.0221. The summed E-state index contributed by atoms with van der Waals surface area (Å²) in [5.74, 6) is -0.932. The van der Waals surface area contributed by atoms with E-state index in [4.69, 9.17) is 4.74 Å². The van der Waals surface area contributed by atoms with Crippen LogP contribution in [0.4, 0.5) is 14.6 Å². The SMILES string of the molecule is O=C1CCNC(=O)[C@@H]2C[C@@H](CN2c2ncnc3c2cnn3-c2ccc(F)cc2F)Oc2cccc(c2)-c2cccc3nn(cc23)CCN1. The van der Waals surface area contributed by atoms with Gasteiger partial charge in [0.05, 0.1) is 30.2 Å². The Balaban J connectivity index is 1.16. The fraction of sp³-hybridized carbons (Fsp3) is 0.235. The van der Waals surface area contributed by atoms with Gasteiger partial charge in [-0.15, -0.1) is 0 Å². The number of rotatable bonds is 2. The van der Waals surface area contributed by atoms with Crippen molar-refractivity contribution in [2.45, 2.75) is 31.5 Å². The van der Waals surface area contributed by atoms with Crippen LogP contribution in [0.3, 0.4) is 0 Å². The standard InChI is InChI=1S/C34H29F2N9O3/c35-21-7-8-29(27(36)14-21)45-33-25(16-41-45)32(39-19-40-33)44-17-23-15-30(44)34(47)38-10-9-31(46)37-11-12-43-18-26-24(5-2-6-28(26)42-43)20-3-1-4-22(13-20)48-23/h1-8,13-14,16,18-19,23,30H,9-12,15,17H2,(H,37,46)(H,38,47)/t23-,30-/m0/s1. The van der Waals surface area contributed by atoms with E-state index in [1.54, 1.807) is 0 Å². The Bertz CT molecular complexity index is 2200. The van der Waals surface area contributed by atoms with Crippen molar-refractivity contribution in [3.8, 4) is 22.6 Å². The van der Waals surface area contributed by atoms with Gasteiger partial charge in [-0.1, -0.05) is 24.3 Å². The van der Waals surface area contributed by atoms with Crippen LogP contribution in [0.5, 0.6) is 5.75 Å². The number of carbonyl (C=O) groups excluding carboxylic acids is 2. The van der Waals surface area contributed by atoms with Gasteiger partial charge in [0.25, 0.3) is 0 Å². The molecule has 14 heteroatoms. The molecule has 0 aliphatic carbocycles. The Morgan fingerprint density at radius 3 is 2.73 bits per heavy atom. The first kappa shape index (κ1) is 29.5. The molecule has 6 aromatic rings. The van der Waals surface area contributed by atoms with Gasteiger partial charge in [0.1, 0.15) is 41.5 Å². The zero-order chi connectivity index (χ0) is 32.8. The molecule has 0 saturated carbocycles. The number of amides is 2. The number of aromatic nitrogens is 6. The van der Waals surface area contributed by atoms with E-state index in [-0.39, 0.29) is 36.1 Å². The van der Waals surface area contributed by atoms with Crippen molar-refractivity contribution in [2.24, 2.45) is 0 Å². The summed E-state index contributed by atoms with van der Waals surface area (Å²) in [5, 5.41) is 16.3. The van der Waals surface area contributed by atoms with Crippen molar-refractivity contribution >= 4 is 39.6 Å². The molecule has 2 atom stereocenters. The number of carbonyl (C=O) groups is 2. The first-order chi connectivity index (χ1) is 23.4. The Kier molecular flexibility index (Phi) is 7.39. The zero-order valence-corrected chi connectivity index (χ0v) is 25.5. The van der Waals surface area contributed by atoms with Gasteiger partial charge in [-0.3, -0.25) is 14.3 Å². The van der Waals surface area contributed by atoms with Gasteiger partial charge in [-0.25, -0.2) is 23.4 Å². The molecule has 48 heavy (non-hydrogen) atoms. The molecule has 0 unspecified atom stereocenters. The average Bonchev–Trinajstić information content (AvgIpc) is 3.81. The van der Waals surface area contributed by atoms with Crippen molar-refractivity contribution in [3.05, 3.63) is 91.0 Å². The topological polar surface area (TPSA) is 132 Å². The molecule has 12 nitrogen and oxygen atoms in total. The summed E-state index contributed by atoms with van der Waals surface area (Å²) in [6.45, 7) is 1.31. The lowest BCUT2D eigenvalue weighted by atomic mass is 10.0. The molecule has 0 radical (unpaired) electrons. The predicted molar refractivity (Wildman–Crippen MR) is 173 cm³/mol. The molecule has 5 heterocycles. The highest BCUT2D eigenvalue weighted by Crippen LogP contribution is 2.35. The number of benzene rings is 3. The van der Waals surface area contributed by atoms with E-state index < -0.39 is 23.8 Å². The number of hydrogen-bond donors (Lipinski definition) is 2. The summed E-state index contributed by atoms with van der Waals surface area (Å²) in [4.78, 5) is 37.0. The van der Waals surface area contributed by atoms with Crippen LogP contribution < -0.4 is 20.3 Å². The highest BCUT2D eigenvalue weighted by Gasteiger charge is 2.40. The number of hydrogen-bond acceptors (Lipinski definition) is 8. The van der Waals surface area contributed by atoms with E-state index in [2.05, 4.69) is 30.8 Å². The van der Waals surface area contributed by atoms with E-state index >= 15 is 0 Å². The molecule has 3 aromatic carbocycles. The molecule has 8 rings (SSSR count). The normalized spacial score (nSPS) is 18.7. The number of nitrogens with one attached hydrogen (secondary N) is 2. The van der Waals surface area contributed by atoms with Crippen molar-refractivity contribution in [1.82, 2.24) is 40.2 Å². The minimum atomic E-state index is -0.797. The van der Waals surface area contributed by atoms with Gasteiger partial charge in [-0.2, -0.15) is 10.2 Å². The molecule has 1 saturated heterocycles. The fourth-order valence-corrected chi connectivity index (χ4v) is 6.46. The number of fused-ring (bicyclic) bond motifs is 7. The molecule has 2 aliphatic heterocycles. The quantitative estimate of drug-likeness (QED) is 0.290. The summed E-state index contributed by atoms with van der Waals surface area (Å²) >= 11 is 0. The van der Waals surface area contributed by atoms with Crippen LogP contribution >= 0.6 is 0 Å². The number of anilines is 1. The zero-order valence-electron chi connectivity index (χ0n) is 25.5. The fourth-order valence-electron chi connectivity index (χ4n) is 6.46. The second-order valence-corrected chi connectivity index (χ2v) is 11.8. The summed E-state index contributed by atoms with van der Waals surface area (Å²) in [7, 11) is 0. The number of nitrogens with zero attached hydrogens (tertiary/aromatic N) is 7. The average molecular weight is 650 g/mol. The van der Waals surface area contributed by atoms with Crippen LogP contribution in [0.2, 0.25) is 0 Å². The van der Waals surface area contributed by atoms with Gasteiger partial charge in [-0.05, 0) is 41.5 Å². The lowest BCUT2D eigenvalue weighted by Crippen LogP contribution is -2.44. The van der Waals surface area contributed by atoms with Crippen LogP contribution in [-0.4, -0.2) is 73.1 Å². The van der Waals surface area contributed by atoms with E-state index in [1.807, 2.05) is 58.2 Å². The molecule has 2 amide bonds. The maximum atomic E-state index is 14.7. The molecule has 2 N–H and O–H groups in total. The molecule has 6 bridgehead atoms. The highest BCUT2D eigenvalue weighted by atomic mass is 19.1. The molecule has 0 spiro atoms. The summed E-state index contributed by atoms with van der Waals surface area (Å²) in [5.41, 5.74) is 3.10. The van der Waals surface area contributed by atoms with Crippen molar-refractivity contribution < 1.29 is 23.1 Å². The van der Waals surface area contributed by atoms with Crippen molar-refractivity contribution in [2.75, 3.05) is 24.5 Å². The van der Waals surface area contributed by atoms with E-state index in [1.165, 1.54) is 23.3 Å². The monoisotopic (exact) mass is 649 g/mol. The Morgan fingerprint density at radius 2 is 1.83 bits per heavy atom. The van der Waals surface area contributed by atoms with Crippen LogP contribution in [0.15, 0.2) is 79.4 Å². The number of halogens is 2. The first-order valence-corrected chi connectivity index (χ1v) is 15.6.